The second-order valence-corrected chi connectivity index (χ2v) is 6.42. The Morgan fingerprint density at radius 2 is 2.43 bits per heavy atom. The van der Waals surface area contributed by atoms with Gasteiger partial charge in [0, 0.05) is 24.0 Å². The fourth-order valence-electron chi connectivity index (χ4n) is 1.93. The molecule has 1 aromatic rings. The van der Waals surface area contributed by atoms with Crippen LogP contribution in [0.4, 0.5) is 0 Å². The van der Waals surface area contributed by atoms with Crippen LogP contribution in [0.2, 0.25) is 0 Å². The fourth-order valence-corrected chi connectivity index (χ4v) is 3.43. The van der Waals surface area contributed by atoms with Gasteiger partial charge in [-0.25, -0.2) is 0 Å². The van der Waals surface area contributed by atoms with Gasteiger partial charge in [-0.3, -0.25) is 4.90 Å². The molecule has 2 unspecified atom stereocenters. The van der Waals surface area contributed by atoms with Crippen molar-refractivity contribution in [3.63, 3.8) is 0 Å². The molecule has 0 bridgehead atoms. The summed E-state index contributed by atoms with van der Waals surface area (Å²) in [6.45, 7) is 3.96. The van der Waals surface area contributed by atoms with Crippen molar-refractivity contribution in [2.45, 2.75) is 32.0 Å². The Morgan fingerprint density at radius 1 is 1.64 bits per heavy atom. The zero-order valence-corrected chi connectivity index (χ0v) is 10.5. The summed E-state index contributed by atoms with van der Waals surface area (Å²) in [6, 6.07) is 4.73. The van der Waals surface area contributed by atoms with E-state index < -0.39 is 0 Å². The molecule has 0 aromatic carbocycles. The molecule has 1 aliphatic rings. The zero-order valence-electron chi connectivity index (χ0n) is 8.11. The van der Waals surface area contributed by atoms with Crippen LogP contribution in [0.25, 0.3) is 0 Å². The van der Waals surface area contributed by atoms with Gasteiger partial charge in [-0.15, -0.1) is 11.3 Å². The maximum absolute atomic E-state index is 9.51. The molecule has 0 aliphatic carbocycles. The standard InChI is InChI=1S/C10H14BrNOS/c1-7-4-8(13)5-12(7)6-9-2-3-10(11)14-9/h2-3,7-8,13H,4-6H2,1H3. The second kappa shape index (κ2) is 4.31. The molecule has 2 rings (SSSR count). The first-order valence-electron chi connectivity index (χ1n) is 4.81. The number of hydrogen-bond acceptors (Lipinski definition) is 3. The highest BCUT2D eigenvalue weighted by atomic mass is 79.9. The Morgan fingerprint density at radius 3 is 2.93 bits per heavy atom. The Labute approximate surface area is 96.7 Å². The highest BCUT2D eigenvalue weighted by Gasteiger charge is 2.27. The Hall–Kier alpha value is 0.1000. The van der Waals surface area contributed by atoms with Crippen molar-refractivity contribution in [1.29, 1.82) is 0 Å². The molecule has 1 saturated heterocycles. The highest BCUT2D eigenvalue weighted by molar-refractivity contribution is 9.11. The van der Waals surface area contributed by atoms with Crippen LogP contribution in [-0.4, -0.2) is 28.7 Å². The van der Waals surface area contributed by atoms with E-state index in [-0.39, 0.29) is 6.10 Å². The number of aliphatic hydroxyl groups excluding tert-OH is 1. The number of thiophene rings is 1. The maximum atomic E-state index is 9.51. The summed E-state index contributed by atoms with van der Waals surface area (Å²) in [4.78, 5) is 3.70. The predicted octanol–water partition coefficient (Wildman–Crippen LogP) is 2.47. The van der Waals surface area contributed by atoms with E-state index in [9.17, 15) is 5.11 Å². The minimum Gasteiger partial charge on any atom is -0.392 e. The lowest BCUT2D eigenvalue weighted by atomic mass is 10.2. The number of aliphatic hydroxyl groups is 1. The lowest BCUT2D eigenvalue weighted by Crippen LogP contribution is -2.26. The minimum atomic E-state index is -0.131. The van der Waals surface area contributed by atoms with Gasteiger partial charge in [-0.05, 0) is 41.4 Å². The first-order valence-corrected chi connectivity index (χ1v) is 6.42. The third kappa shape index (κ3) is 2.37. The topological polar surface area (TPSA) is 23.5 Å². The van der Waals surface area contributed by atoms with Crippen molar-refractivity contribution in [3.05, 3.63) is 20.8 Å². The molecule has 2 atom stereocenters. The molecule has 2 heterocycles. The zero-order chi connectivity index (χ0) is 10.1. The van der Waals surface area contributed by atoms with Crippen LogP contribution in [0.5, 0.6) is 0 Å². The quantitative estimate of drug-likeness (QED) is 0.897. The summed E-state index contributed by atoms with van der Waals surface area (Å²) < 4.78 is 1.18. The fraction of sp³-hybridized carbons (Fsp3) is 0.600. The monoisotopic (exact) mass is 275 g/mol. The lowest BCUT2D eigenvalue weighted by molar-refractivity contribution is 0.173. The summed E-state index contributed by atoms with van der Waals surface area (Å²) in [7, 11) is 0. The highest BCUT2D eigenvalue weighted by Crippen LogP contribution is 2.26. The van der Waals surface area contributed by atoms with E-state index in [0.29, 0.717) is 6.04 Å². The molecular weight excluding hydrogens is 262 g/mol. The smallest absolute Gasteiger partial charge is 0.0701 e. The van der Waals surface area contributed by atoms with Crippen LogP contribution in [-0.2, 0) is 6.54 Å². The van der Waals surface area contributed by atoms with Crippen molar-refractivity contribution in [2.24, 2.45) is 0 Å². The average Bonchev–Trinajstić information content (AvgIpc) is 2.61. The van der Waals surface area contributed by atoms with E-state index in [0.717, 1.165) is 19.5 Å². The van der Waals surface area contributed by atoms with Crippen LogP contribution >= 0.6 is 27.3 Å². The summed E-state index contributed by atoms with van der Waals surface area (Å²) in [5, 5.41) is 9.51. The van der Waals surface area contributed by atoms with Crippen LogP contribution in [0.15, 0.2) is 15.9 Å². The first-order chi connectivity index (χ1) is 6.65. The molecule has 1 fully saturated rings. The third-order valence-electron chi connectivity index (χ3n) is 2.67. The Kier molecular flexibility index (Phi) is 3.27. The largest absolute Gasteiger partial charge is 0.392 e. The molecule has 0 saturated carbocycles. The van der Waals surface area contributed by atoms with Gasteiger partial charge >= 0.3 is 0 Å². The maximum Gasteiger partial charge on any atom is 0.0701 e. The number of hydrogen-bond donors (Lipinski definition) is 1. The molecule has 78 valence electrons. The van der Waals surface area contributed by atoms with Gasteiger partial charge in [0.1, 0.15) is 0 Å². The van der Waals surface area contributed by atoms with E-state index in [1.54, 1.807) is 11.3 Å². The first kappa shape index (κ1) is 10.6. The van der Waals surface area contributed by atoms with Gasteiger partial charge in [0.05, 0.1) is 9.89 Å². The van der Waals surface area contributed by atoms with E-state index in [1.165, 1.54) is 8.66 Å². The number of rotatable bonds is 2. The van der Waals surface area contributed by atoms with Gasteiger partial charge in [-0.1, -0.05) is 0 Å². The summed E-state index contributed by atoms with van der Waals surface area (Å²) in [6.07, 6.45) is 0.778. The molecule has 2 nitrogen and oxygen atoms in total. The summed E-state index contributed by atoms with van der Waals surface area (Å²) >= 11 is 5.23. The van der Waals surface area contributed by atoms with E-state index in [1.807, 2.05) is 0 Å². The molecule has 1 aromatic heterocycles. The van der Waals surface area contributed by atoms with Crippen molar-refractivity contribution in [1.82, 2.24) is 4.90 Å². The van der Waals surface area contributed by atoms with Crippen molar-refractivity contribution in [3.8, 4) is 0 Å². The van der Waals surface area contributed by atoms with Gasteiger partial charge in [-0.2, -0.15) is 0 Å². The second-order valence-electron chi connectivity index (χ2n) is 3.87. The van der Waals surface area contributed by atoms with E-state index in [4.69, 9.17) is 0 Å². The van der Waals surface area contributed by atoms with E-state index >= 15 is 0 Å². The number of halogens is 1. The predicted molar refractivity (Wildman–Crippen MR) is 62.5 cm³/mol. The molecule has 1 N–H and O–H groups in total. The number of likely N-dealkylation sites (tertiary alicyclic amines) is 1. The van der Waals surface area contributed by atoms with Crippen LogP contribution in [0, 0.1) is 0 Å². The summed E-state index contributed by atoms with van der Waals surface area (Å²) in [5.74, 6) is 0. The van der Waals surface area contributed by atoms with E-state index in [2.05, 4.69) is 39.9 Å². The molecular formula is C10H14BrNOS. The molecule has 1 aliphatic heterocycles. The Bertz CT molecular complexity index is 315. The minimum absolute atomic E-state index is 0.131. The van der Waals surface area contributed by atoms with Crippen LogP contribution in [0.1, 0.15) is 18.2 Å². The molecule has 4 heteroatoms. The summed E-state index contributed by atoms with van der Waals surface area (Å²) in [5.41, 5.74) is 0. The SMILES string of the molecule is CC1CC(O)CN1Cc1ccc(Br)s1. The van der Waals surface area contributed by atoms with Crippen LogP contribution < -0.4 is 0 Å². The number of β-amino-alcohol motifs (C(OH)–C–C–N with tert-alkyl or cyclic N) is 1. The third-order valence-corrected chi connectivity index (χ3v) is 4.28. The molecule has 0 spiro atoms. The average molecular weight is 276 g/mol. The van der Waals surface area contributed by atoms with Crippen molar-refractivity contribution < 1.29 is 5.11 Å². The van der Waals surface area contributed by atoms with Gasteiger partial charge in [0.15, 0.2) is 0 Å². The molecule has 14 heavy (non-hydrogen) atoms. The van der Waals surface area contributed by atoms with Gasteiger partial charge < -0.3 is 5.11 Å². The van der Waals surface area contributed by atoms with Crippen LogP contribution in [0.3, 0.4) is 0 Å². The lowest BCUT2D eigenvalue weighted by Gasteiger charge is -2.19. The number of nitrogens with zero attached hydrogens (tertiary/aromatic N) is 1. The normalized spacial score (nSPS) is 28.5. The van der Waals surface area contributed by atoms with Gasteiger partial charge in [0.2, 0.25) is 0 Å². The van der Waals surface area contributed by atoms with Gasteiger partial charge in [0.25, 0.3) is 0 Å². The molecule has 0 amide bonds. The molecule has 0 radical (unpaired) electrons. The Balaban J connectivity index is 1.98. The van der Waals surface area contributed by atoms with Crippen molar-refractivity contribution >= 4 is 27.3 Å². The van der Waals surface area contributed by atoms with Crippen molar-refractivity contribution in [2.75, 3.05) is 6.54 Å².